The van der Waals surface area contributed by atoms with E-state index in [9.17, 15) is 4.79 Å². The third-order valence-electron chi connectivity index (χ3n) is 5.21. The lowest BCUT2D eigenvalue weighted by Gasteiger charge is -2.28. The highest BCUT2D eigenvalue weighted by Crippen LogP contribution is 2.38. The van der Waals surface area contributed by atoms with E-state index >= 15 is 0 Å². The zero-order valence-electron chi connectivity index (χ0n) is 16.6. The third-order valence-corrected chi connectivity index (χ3v) is 5.56. The molecule has 1 N–H and O–H groups in total. The molecular formula is C22H23N5O2S. The lowest BCUT2D eigenvalue weighted by atomic mass is 10.0. The van der Waals surface area contributed by atoms with Crippen molar-refractivity contribution >= 4 is 23.3 Å². The van der Waals surface area contributed by atoms with Crippen molar-refractivity contribution in [3.8, 4) is 0 Å². The number of methoxy groups -OCH3 is 1. The number of rotatable bonds is 7. The molecule has 0 amide bonds. The van der Waals surface area contributed by atoms with Gasteiger partial charge in [0.25, 0.3) is 0 Å². The van der Waals surface area contributed by atoms with Gasteiger partial charge in [0, 0.05) is 30.8 Å². The first kappa shape index (κ1) is 20.0. The molecule has 0 spiro atoms. The largest absolute Gasteiger partial charge is 0.469 e. The number of pyridine rings is 2. The van der Waals surface area contributed by atoms with E-state index in [0.717, 1.165) is 17.1 Å². The van der Waals surface area contributed by atoms with E-state index in [1.54, 1.807) is 12.4 Å². The lowest BCUT2D eigenvalue weighted by molar-refractivity contribution is -0.140. The van der Waals surface area contributed by atoms with Gasteiger partial charge < -0.3 is 19.5 Å². The molecule has 3 aromatic rings. The Balaban J connectivity index is 1.69. The highest BCUT2D eigenvalue weighted by molar-refractivity contribution is 7.80. The Hall–Kier alpha value is -3.26. The van der Waals surface area contributed by atoms with Crippen LogP contribution >= 0.6 is 12.2 Å². The minimum absolute atomic E-state index is 0.115. The van der Waals surface area contributed by atoms with Gasteiger partial charge >= 0.3 is 5.97 Å². The number of aromatic nitrogens is 3. The molecule has 1 saturated heterocycles. The zero-order chi connectivity index (χ0) is 20.9. The first-order valence-corrected chi connectivity index (χ1v) is 10.2. The number of carbonyl (C=O) groups is 1. The van der Waals surface area contributed by atoms with Crippen LogP contribution in [-0.4, -0.2) is 44.2 Å². The summed E-state index contributed by atoms with van der Waals surface area (Å²) in [6.07, 6.45) is 5.87. The summed E-state index contributed by atoms with van der Waals surface area (Å²) in [6, 6.07) is 15.6. The number of hydrogen-bond donors (Lipinski definition) is 1. The normalized spacial score (nSPS) is 18.3. The monoisotopic (exact) mass is 421 g/mol. The van der Waals surface area contributed by atoms with Gasteiger partial charge in [0.2, 0.25) is 0 Å². The van der Waals surface area contributed by atoms with Crippen LogP contribution in [0.4, 0.5) is 0 Å². The van der Waals surface area contributed by atoms with Gasteiger partial charge in [-0.05, 0) is 48.6 Å². The first-order chi connectivity index (χ1) is 14.7. The fraction of sp³-hybridized carbons (Fsp3) is 0.273. The van der Waals surface area contributed by atoms with Crippen LogP contribution < -0.4 is 5.32 Å². The molecule has 0 aromatic carbocycles. The molecule has 0 saturated carbocycles. The molecular weight excluding hydrogens is 398 g/mol. The standard InChI is InChI=1S/C22H23N5O2S/c1-29-19(28)10-14-27-21(20(25-22(27)30)17-8-3-5-12-24-17)18-9-6-13-26(18)15-16-7-2-4-11-23-16/h2-9,11-13,20-21H,10,14-15H2,1H3,(H,25,30)/t20-,21-/m0/s1. The van der Waals surface area contributed by atoms with Crippen LogP contribution in [-0.2, 0) is 16.1 Å². The van der Waals surface area contributed by atoms with E-state index in [1.165, 1.54) is 7.11 Å². The molecule has 1 fully saturated rings. The molecule has 154 valence electrons. The van der Waals surface area contributed by atoms with Crippen molar-refractivity contribution in [2.75, 3.05) is 13.7 Å². The molecule has 4 heterocycles. The van der Waals surface area contributed by atoms with Crippen molar-refractivity contribution in [3.05, 3.63) is 84.2 Å². The molecule has 1 aliphatic rings. The summed E-state index contributed by atoms with van der Waals surface area (Å²) in [6.45, 7) is 1.10. The van der Waals surface area contributed by atoms with Crippen LogP contribution in [0.1, 0.15) is 35.6 Å². The quantitative estimate of drug-likeness (QED) is 0.465. The number of nitrogens with zero attached hydrogens (tertiary/aromatic N) is 4. The van der Waals surface area contributed by atoms with Crippen molar-refractivity contribution in [1.29, 1.82) is 0 Å². The molecule has 0 unspecified atom stereocenters. The average Bonchev–Trinajstić information content (AvgIpc) is 3.36. The highest BCUT2D eigenvalue weighted by atomic mass is 32.1. The van der Waals surface area contributed by atoms with E-state index < -0.39 is 0 Å². The van der Waals surface area contributed by atoms with Crippen molar-refractivity contribution in [2.45, 2.75) is 25.0 Å². The Kier molecular flexibility index (Phi) is 6.04. The number of nitrogens with one attached hydrogen (secondary N) is 1. The summed E-state index contributed by atoms with van der Waals surface area (Å²) in [5.74, 6) is -0.262. The van der Waals surface area contributed by atoms with E-state index in [-0.39, 0.29) is 24.5 Å². The van der Waals surface area contributed by atoms with Crippen LogP contribution in [0, 0.1) is 0 Å². The second-order valence-electron chi connectivity index (χ2n) is 7.03. The van der Waals surface area contributed by atoms with Crippen LogP contribution in [0.3, 0.4) is 0 Å². The molecule has 0 aliphatic carbocycles. The lowest BCUT2D eigenvalue weighted by Crippen LogP contribution is -2.32. The number of carbonyl (C=O) groups excluding carboxylic acids is 1. The maximum atomic E-state index is 11.8. The number of thiocarbonyl (C=S) groups is 1. The van der Waals surface area contributed by atoms with Crippen molar-refractivity contribution in [2.24, 2.45) is 0 Å². The van der Waals surface area contributed by atoms with Crippen LogP contribution in [0.15, 0.2) is 67.1 Å². The Labute approximate surface area is 180 Å². The fourth-order valence-electron chi connectivity index (χ4n) is 3.79. The van der Waals surface area contributed by atoms with Crippen LogP contribution in [0.25, 0.3) is 0 Å². The van der Waals surface area contributed by atoms with Crippen LogP contribution in [0.2, 0.25) is 0 Å². The smallest absolute Gasteiger partial charge is 0.307 e. The molecule has 4 rings (SSSR count). The minimum Gasteiger partial charge on any atom is -0.469 e. The molecule has 8 heteroatoms. The first-order valence-electron chi connectivity index (χ1n) is 9.77. The maximum absolute atomic E-state index is 11.8. The van der Waals surface area contributed by atoms with E-state index in [0.29, 0.717) is 18.2 Å². The topological polar surface area (TPSA) is 72.3 Å². The molecule has 1 aliphatic heterocycles. The predicted octanol–water partition coefficient (Wildman–Crippen LogP) is 2.86. The predicted molar refractivity (Wildman–Crippen MR) is 117 cm³/mol. The molecule has 3 aromatic heterocycles. The molecule has 0 bridgehead atoms. The van der Waals surface area contributed by atoms with Gasteiger partial charge in [0.15, 0.2) is 5.11 Å². The Morgan fingerprint density at radius 3 is 2.63 bits per heavy atom. The van der Waals surface area contributed by atoms with Gasteiger partial charge in [-0.1, -0.05) is 12.1 Å². The Morgan fingerprint density at radius 2 is 1.93 bits per heavy atom. The second-order valence-corrected chi connectivity index (χ2v) is 7.41. The van der Waals surface area contributed by atoms with Crippen molar-refractivity contribution in [3.63, 3.8) is 0 Å². The average molecular weight is 422 g/mol. The summed E-state index contributed by atoms with van der Waals surface area (Å²) in [4.78, 5) is 22.8. The summed E-state index contributed by atoms with van der Waals surface area (Å²) < 4.78 is 7.00. The SMILES string of the molecule is COC(=O)CCN1C(=S)N[C@@H](c2ccccn2)[C@@H]1c1cccn1Cc1ccccn1. The van der Waals surface area contributed by atoms with E-state index in [1.807, 2.05) is 48.7 Å². The summed E-state index contributed by atoms with van der Waals surface area (Å²) >= 11 is 5.64. The third kappa shape index (κ3) is 4.18. The summed E-state index contributed by atoms with van der Waals surface area (Å²) in [5, 5.41) is 4.01. The summed E-state index contributed by atoms with van der Waals surface area (Å²) in [5.41, 5.74) is 2.95. The Morgan fingerprint density at radius 1 is 1.13 bits per heavy atom. The highest BCUT2D eigenvalue weighted by Gasteiger charge is 2.41. The van der Waals surface area contributed by atoms with E-state index in [4.69, 9.17) is 17.0 Å². The molecule has 0 radical (unpaired) electrons. The molecule has 7 nitrogen and oxygen atoms in total. The molecule has 2 atom stereocenters. The van der Waals surface area contributed by atoms with Crippen LogP contribution in [0.5, 0.6) is 0 Å². The van der Waals surface area contributed by atoms with Gasteiger partial charge in [-0.25, -0.2) is 0 Å². The number of hydrogen-bond acceptors (Lipinski definition) is 5. The summed E-state index contributed by atoms with van der Waals surface area (Å²) in [7, 11) is 1.40. The van der Waals surface area contributed by atoms with Gasteiger partial charge in [-0.2, -0.15) is 0 Å². The Bertz CT molecular complexity index is 1010. The minimum atomic E-state index is -0.262. The molecule has 30 heavy (non-hydrogen) atoms. The number of ether oxygens (including phenoxy) is 1. The fourth-order valence-corrected chi connectivity index (χ4v) is 4.12. The maximum Gasteiger partial charge on any atom is 0.307 e. The van der Waals surface area contributed by atoms with Gasteiger partial charge in [0.05, 0.1) is 43.5 Å². The zero-order valence-corrected chi connectivity index (χ0v) is 17.5. The van der Waals surface area contributed by atoms with Gasteiger partial charge in [-0.3, -0.25) is 14.8 Å². The van der Waals surface area contributed by atoms with Crippen molar-refractivity contribution < 1.29 is 9.53 Å². The second kappa shape index (κ2) is 9.04. The number of esters is 1. The van der Waals surface area contributed by atoms with Gasteiger partial charge in [-0.15, -0.1) is 0 Å². The van der Waals surface area contributed by atoms with E-state index in [2.05, 4.69) is 30.8 Å². The van der Waals surface area contributed by atoms with Gasteiger partial charge in [0.1, 0.15) is 0 Å². The van der Waals surface area contributed by atoms with Crippen molar-refractivity contribution in [1.82, 2.24) is 24.8 Å².